The molecule has 0 bridgehead atoms. The van der Waals surface area contributed by atoms with E-state index < -0.39 is 24.0 Å². The van der Waals surface area contributed by atoms with E-state index in [-0.39, 0.29) is 15.8 Å². The summed E-state index contributed by atoms with van der Waals surface area (Å²) < 4.78 is 55.0. The van der Waals surface area contributed by atoms with E-state index in [0.717, 1.165) is 12.1 Å². The van der Waals surface area contributed by atoms with E-state index in [1.807, 2.05) is 0 Å². The summed E-state index contributed by atoms with van der Waals surface area (Å²) in [6.45, 7) is 0. The maximum Gasteiger partial charge on any atom is 0.336 e. The molecule has 0 saturated carbocycles. The van der Waals surface area contributed by atoms with E-state index >= 15 is 0 Å². The Morgan fingerprint density at radius 2 is 1.78 bits per heavy atom. The van der Waals surface area contributed by atoms with Gasteiger partial charge in [-0.25, -0.2) is 8.78 Å². The maximum absolute atomic E-state index is 13.0. The van der Waals surface area contributed by atoms with Crippen molar-refractivity contribution in [3.63, 3.8) is 0 Å². The number of hydrogen-bond acceptors (Lipinski definition) is 2. The molecule has 1 aromatic rings. The Morgan fingerprint density at radius 3 is 2.22 bits per heavy atom. The summed E-state index contributed by atoms with van der Waals surface area (Å²) in [4.78, 5) is 0. The number of benzene rings is 1. The highest BCUT2D eigenvalue weighted by Gasteiger charge is 2.49. The average molecular weight is 307 g/mol. The van der Waals surface area contributed by atoms with Crippen LogP contribution in [0.1, 0.15) is 11.7 Å². The Morgan fingerprint density at radius 1 is 1.22 bits per heavy atom. The Hall–Kier alpha value is -0.720. The van der Waals surface area contributed by atoms with Crippen molar-refractivity contribution in [1.29, 1.82) is 0 Å². The molecular formula is C10H8Cl2F4O2. The molecule has 8 heteroatoms. The number of alkyl halides is 4. The zero-order valence-corrected chi connectivity index (χ0v) is 10.4. The molecule has 18 heavy (non-hydrogen) atoms. The molecule has 0 radical (unpaired) electrons. The molecule has 0 fully saturated rings. The quantitative estimate of drug-likeness (QED) is 0.854. The first-order valence-corrected chi connectivity index (χ1v) is 5.34. The molecule has 1 N–H and O–H groups in total. The van der Waals surface area contributed by atoms with Crippen LogP contribution in [0.4, 0.5) is 17.6 Å². The van der Waals surface area contributed by atoms with Gasteiger partial charge in [0.25, 0.3) is 0 Å². The summed E-state index contributed by atoms with van der Waals surface area (Å²) in [6, 6.07) is 1.92. The van der Waals surface area contributed by atoms with Gasteiger partial charge in [0, 0.05) is 11.6 Å². The normalized spacial score (nSPS) is 13.8. The van der Waals surface area contributed by atoms with Gasteiger partial charge >= 0.3 is 12.3 Å². The van der Waals surface area contributed by atoms with Gasteiger partial charge < -0.3 is 9.84 Å². The van der Waals surface area contributed by atoms with Crippen LogP contribution in [0.15, 0.2) is 12.1 Å². The van der Waals surface area contributed by atoms with Gasteiger partial charge in [0.05, 0.1) is 17.2 Å². The molecule has 0 amide bonds. The fraction of sp³-hybridized carbons (Fsp3) is 0.400. The van der Waals surface area contributed by atoms with Crippen molar-refractivity contribution < 1.29 is 27.4 Å². The van der Waals surface area contributed by atoms with E-state index in [2.05, 4.69) is 0 Å². The Labute approximate surface area is 110 Å². The fourth-order valence-corrected chi connectivity index (χ4v) is 1.74. The predicted molar refractivity (Wildman–Crippen MR) is 58.9 cm³/mol. The molecule has 1 rings (SSSR count). The fourth-order valence-electron chi connectivity index (χ4n) is 1.24. The highest BCUT2D eigenvalue weighted by Crippen LogP contribution is 2.42. The first kappa shape index (κ1) is 15.3. The second-order valence-corrected chi connectivity index (χ2v) is 4.20. The molecule has 1 aromatic carbocycles. The Bertz CT molecular complexity index is 440. The molecule has 1 atom stereocenters. The number of halogens is 6. The van der Waals surface area contributed by atoms with Gasteiger partial charge in [-0.1, -0.05) is 23.2 Å². The number of aliphatic hydroxyl groups excluding tert-OH is 1. The highest BCUT2D eigenvalue weighted by atomic mass is 35.5. The minimum Gasteiger partial charge on any atom is -0.495 e. The van der Waals surface area contributed by atoms with Gasteiger partial charge in [-0.15, -0.1) is 0 Å². The predicted octanol–water partition coefficient (Wildman–Crippen LogP) is 3.94. The number of rotatable bonds is 4. The summed E-state index contributed by atoms with van der Waals surface area (Å²) in [5.74, 6) is -4.54. The molecule has 102 valence electrons. The first-order valence-electron chi connectivity index (χ1n) is 4.58. The standard InChI is InChI=1S/C10H8Cl2F4O2/c1-18-7-3-5(11)4(2-6(7)12)8(17)10(15,16)9(13)14/h2-3,8-9,17H,1H3. The lowest BCUT2D eigenvalue weighted by atomic mass is 10.0. The zero-order chi connectivity index (χ0) is 14.1. The Balaban J connectivity index is 3.22. The molecule has 0 aliphatic rings. The summed E-state index contributed by atoms with van der Waals surface area (Å²) in [6.07, 6.45) is -6.78. The lowest BCUT2D eigenvalue weighted by Crippen LogP contribution is -2.34. The average Bonchev–Trinajstić information content (AvgIpc) is 2.30. The summed E-state index contributed by atoms with van der Waals surface area (Å²) >= 11 is 11.3. The van der Waals surface area contributed by atoms with Crippen LogP contribution in [0.5, 0.6) is 5.75 Å². The van der Waals surface area contributed by atoms with Crippen molar-refractivity contribution in [3.05, 3.63) is 27.7 Å². The lowest BCUT2D eigenvalue weighted by molar-refractivity contribution is -0.193. The second-order valence-electron chi connectivity index (χ2n) is 3.39. The third-order valence-electron chi connectivity index (χ3n) is 2.22. The molecule has 0 saturated heterocycles. The summed E-state index contributed by atoms with van der Waals surface area (Å²) in [5, 5.41) is 8.81. The van der Waals surface area contributed by atoms with Crippen molar-refractivity contribution >= 4 is 23.2 Å². The SMILES string of the molecule is COc1cc(Cl)c(C(O)C(F)(F)C(F)F)cc1Cl. The Kier molecular flexibility index (Phi) is 4.69. The van der Waals surface area contributed by atoms with Gasteiger partial charge in [-0.05, 0) is 6.07 Å². The van der Waals surface area contributed by atoms with E-state index in [9.17, 15) is 22.7 Å². The zero-order valence-electron chi connectivity index (χ0n) is 8.93. The molecule has 2 nitrogen and oxygen atoms in total. The molecule has 0 aromatic heterocycles. The summed E-state index contributed by atoms with van der Waals surface area (Å²) in [5.41, 5.74) is -0.590. The minimum atomic E-state index is -4.62. The maximum atomic E-state index is 13.0. The van der Waals surface area contributed by atoms with Crippen molar-refractivity contribution in [3.8, 4) is 5.75 Å². The monoisotopic (exact) mass is 306 g/mol. The summed E-state index contributed by atoms with van der Waals surface area (Å²) in [7, 11) is 1.27. The largest absolute Gasteiger partial charge is 0.495 e. The highest BCUT2D eigenvalue weighted by molar-refractivity contribution is 6.34. The van der Waals surface area contributed by atoms with E-state index in [0.29, 0.717) is 0 Å². The van der Waals surface area contributed by atoms with Crippen LogP contribution in [0.2, 0.25) is 10.0 Å². The van der Waals surface area contributed by atoms with Crippen molar-refractivity contribution in [1.82, 2.24) is 0 Å². The second kappa shape index (κ2) is 5.50. The van der Waals surface area contributed by atoms with Crippen LogP contribution in [0, 0.1) is 0 Å². The molecule has 0 aliphatic carbocycles. The van der Waals surface area contributed by atoms with Crippen LogP contribution >= 0.6 is 23.2 Å². The van der Waals surface area contributed by atoms with Crippen LogP contribution in [0.25, 0.3) is 0 Å². The molecule has 0 spiro atoms. The van der Waals surface area contributed by atoms with Crippen LogP contribution in [-0.4, -0.2) is 24.6 Å². The van der Waals surface area contributed by atoms with Crippen LogP contribution in [0.3, 0.4) is 0 Å². The number of hydrogen-bond donors (Lipinski definition) is 1. The van der Waals surface area contributed by atoms with Crippen LogP contribution < -0.4 is 4.74 Å². The van der Waals surface area contributed by atoms with E-state index in [1.54, 1.807) is 0 Å². The van der Waals surface area contributed by atoms with Gasteiger partial charge in [-0.3, -0.25) is 0 Å². The van der Waals surface area contributed by atoms with Gasteiger partial charge in [0.1, 0.15) is 11.9 Å². The third kappa shape index (κ3) is 2.81. The van der Waals surface area contributed by atoms with E-state index in [1.165, 1.54) is 7.11 Å². The van der Waals surface area contributed by atoms with Crippen LogP contribution in [-0.2, 0) is 0 Å². The third-order valence-corrected chi connectivity index (χ3v) is 2.84. The van der Waals surface area contributed by atoms with Gasteiger partial charge in [-0.2, -0.15) is 8.78 Å². The number of ether oxygens (including phenoxy) is 1. The number of aliphatic hydroxyl groups is 1. The number of methoxy groups -OCH3 is 1. The lowest BCUT2D eigenvalue weighted by Gasteiger charge is -2.23. The van der Waals surface area contributed by atoms with E-state index in [4.69, 9.17) is 27.9 Å². The van der Waals surface area contributed by atoms with Crippen molar-refractivity contribution in [2.24, 2.45) is 0 Å². The van der Waals surface area contributed by atoms with Gasteiger partial charge in [0.15, 0.2) is 0 Å². The smallest absolute Gasteiger partial charge is 0.336 e. The first-order chi connectivity index (χ1) is 8.21. The molecule has 0 aliphatic heterocycles. The van der Waals surface area contributed by atoms with Crippen molar-refractivity contribution in [2.45, 2.75) is 18.5 Å². The molecular weight excluding hydrogens is 299 g/mol. The van der Waals surface area contributed by atoms with Gasteiger partial charge in [0.2, 0.25) is 0 Å². The topological polar surface area (TPSA) is 29.5 Å². The van der Waals surface area contributed by atoms with Crippen molar-refractivity contribution in [2.75, 3.05) is 7.11 Å². The minimum absolute atomic E-state index is 0.0815. The molecule has 1 unspecified atom stereocenters. The molecule has 0 heterocycles.